The maximum atomic E-state index is 4.72. The van der Waals surface area contributed by atoms with Crippen LogP contribution in [0.25, 0.3) is 0 Å². The van der Waals surface area contributed by atoms with Crippen LogP contribution in [-0.2, 0) is 6.54 Å². The molecule has 3 rings (SSSR count). The van der Waals surface area contributed by atoms with E-state index in [4.69, 9.17) is 4.52 Å². The number of hydrogen-bond acceptors (Lipinski definition) is 5. The smallest absolute Gasteiger partial charge is 0.213 e. The van der Waals surface area contributed by atoms with Gasteiger partial charge in [0.05, 0.1) is 6.54 Å². The van der Waals surface area contributed by atoms with Crippen molar-refractivity contribution < 1.29 is 4.52 Å². The Hall–Kier alpha value is -1.20. The van der Waals surface area contributed by atoms with E-state index >= 15 is 0 Å². The van der Waals surface area contributed by atoms with Gasteiger partial charge < -0.3 is 9.84 Å². The van der Waals surface area contributed by atoms with Crippen LogP contribution in [0.5, 0.6) is 0 Å². The van der Waals surface area contributed by atoms with E-state index in [9.17, 15) is 0 Å². The molecule has 4 nitrogen and oxygen atoms in total. The lowest BCUT2D eigenvalue weighted by atomic mass is 10.1. The third kappa shape index (κ3) is 2.15. The van der Waals surface area contributed by atoms with Gasteiger partial charge in [-0.3, -0.25) is 0 Å². The summed E-state index contributed by atoms with van der Waals surface area (Å²) in [6.07, 6.45) is 4.01. The third-order valence-electron chi connectivity index (χ3n) is 2.83. The highest BCUT2D eigenvalue weighted by Crippen LogP contribution is 2.42. The molecule has 84 valence electrons. The van der Waals surface area contributed by atoms with Gasteiger partial charge in [0.2, 0.25) is 6.39 Å². The van der Waals surface area contributed by atoms with Gasteiger partial charge in [0, 0.05) is 10.9 Å². The first-order valence-electron chi connectivity index (χ1n) is 5.45. The number of hydrogen-bond donors (Lipinski definition) is 1. The minimum Gasteiger partial charge on any atom is -0.343 e. The van der Waals surface area contributed by atoms with Crippen LogP contribution in [0.15, 0.2) is 28.4 Å². The third-order valence-corrected chi connectivity index (χ3v) is 3.79. The first kappa shape index (κ1) is 9.99. The number of aromatic nitrogens is 2. The summed E-state index contributed by atoms with van der Waals surface area (Å²) in [7, 11) is 0. The van der Waals surface area contributed by atoms with Gasteiger partial charge in [-0.15, -0.1) is 11.3 Å². The molecule has 1 atom stereocenters. The standard InChI is InChI=1S/C11H13N3OS/c1-2-9(16-5-1)11(8-3-4-8)12-6-10-13-7-15-14-10/h1-2,5,7-8,11-12H,3-4,6H2. The molecule has 1 aliphatic rings. The van der Waals surface area contributed by atoms with E-state index in [0.29, 0.717) is 12.6 Å². The van der Waals surface area contributed by atoms with Crippen molar-refractivity contribution in [3.8, 4) is 0 Å². The molecule has 2 aromatic heterocycles. The summed E-state index contributed by atoms with van der Waals surface area (Å²) in [5.41, 5.74) is 0. The molecule has 1 N–H and O–H groups in total. The van der Waals surface area contributed by atoms with Gasteiger partial charge in [-0.1, -0.05) is 11.2 Å². The number of nitrogens with zero attached hydrogens (tertiary/aromatic N) is 2. The SMILES string of the molecule is c1csc(C(NCc2ncon2)C2CC2)c1. The highest BCUT2D eigenvalue weighted by Gasteiger charge is 2.32. The molecule has 16 heavy (non-hydrogen) atoms. The zero-order valence-corrected chi connectivity index (χ0v) is 9.61. The van der Waals surface area contributed by atoms with Gasteiger partial charge in [-0.25, -0.2) is 0 Å². The van der Waals surface area contributed by atoms with Gasteiger partial charge >= 0.3 is 0 Å². The van der Waals surface area contributed by atoms with Crippen molar-refractivity contribution >= 4 is 11.3 Å². The molecule has 1 aliphatic carbocycles. The van der Waals surface area contributed by atoms with E-state index in [-0.39, 0.29) is 0 Å². The number of nitrogens with one attached hydrogen (secondary N) is 1. The molecular weight excluding hydrogens is 222 g/mol. The molecule has 0 spiro atoms. The molecule has 0 amide bonds. The molecule has 5 heteroatoms. The Balaban J connectivity index is 1.66. The monoisotopic (exact) mass is 235 g/mol. The molecule has 0 aromatic carbocycles. The van der Waals surface area contributed by atoms with E-state index in [0.717, 1.165) is 11.7 Å². The molecule has 1 unspecified atom stereocenters. The maximum absolute atomic E-state index is 4.72. The second kappa shape index (κ2) is 4.35. The Bertz CT molecular complexity index is 422. The molecule has 0 radical (unpaired) electrons. The lowest BCUT2D eigenvalue weighted by molar-refractivity contribution is 0.401. The summed E-state index contributed by atoms with van der Waals surface area (Å²) in [5.74, 6) is 1.51. The van der Waals surface area contributed by atoms with E-state index in [1.165, 1.54) is 24.1 Å². The van der Waals surface area contributed by atoms with Crippen LogP contribution in [-0.4, -0.2) is 10.1 Å². The van der Waals surface area contributed by atoms with E-state index < -0.39 is 0 Å². The van der Waals surface area contributed by atoms with Crippen LogP contribution in [0.4, 0.5) is 0 Å². The molecule has 0 saturated heterocycles. The van der Waals surface area contributed by atoms with Crippen LogP contribution >= 0.6 is 11.3 Å². The van der Waals surface area contributed by atoms with Gasteiger partial charge in [0.1, 0.15) is 0 Å². The minimum absolute atomic E-state index is 0.457. The Labute approximate surface area is 97.7 Å². The van der Waals surface area contributed by atoms with Crippen LogP contribution in [0.1, 0.15) is 29.6 Å². The van der Waals surface area contributed by atoms with Gasteiger partial charge in [-0.05, 0) is 30.2 Å². The van der Waals surface area contributed by atoms with Crippen molar-refractivity contribution in [2.75, 3.05) is 0 Å². The quantitative estimate of drug-likeness (QED) is 0.864. The fourth-order valence-electron chi connectivity index (χ4n) is 1.87. The van der Waals surface area contributed by atoms with Crippen molar-refractivity contribution in [2.24, 2.45) is 5.92 Å². The molecule has 2 aromatic rings. The lowest BCUT2D eigenvalue weighted by Gasteiger charge is -2.15. The van der Waals surface area contributed by atoms with Gasteiger partial charge in [-0.2, -0.15) is 4.98 Å². The van der Waals surface area contributed by atoms with Crippen LogP contribution in [0, 0.1) is 5.92 Å². The topological polar surface area (TPSA) is 51.0 Å². The van der Waals surface area contributed by atoms with Crippen molar-refractivity contribution in [3.05, 3.63) is 34.6 Å². The summed E-state index contributed by atoms with van der Waals surface area (Å²) in [6, 6.07) is 4.75. The Morgan fingerprint density at radius 1 is 1.56 bits per heavy atom. The van der Waals surface area contributed by atoms with E-state index in [2.05, 4.69) is 33.0 Å². The number of thiophene rings is 1. The predicted octanol–water partition coefficient (Wildman–Crippen LogP) is 2.37. The highest BCUT2D eigenvalue weighted by atomic mass is 32.1. The zero-order valence-electron chi connectivity index (χ0n) is 8.80. The molecular formula is C11H13N3OS. The Morgan fingerprint density at radius 2 is 2.50 bits per heavy atom. The predicted molar refractivity (Wildman–Crippen MR) is 60.9 cm³/mol. The fourth-order valence-corrected chi connectivity index (χ4v) is 2.76. The second-order valence-electron chi connectivity index (χ2n) is 4.06. The van der Waals surface area contributed by atoms with Gasteiger partial charge in [0.15, 0.2) is 5.82 Å². The van der Waals surface area contributed by atoms with Crippen LogP contribution in [0.3, 0.4) is 0 Å². The summed E-state index contributed by atoms with van der Waals surface area (Å²) >= 11 is 1.81. The highest BCUT2D eigenvalue weighted by molar-refractivity contribution is 7.10. The first-order chi connectivity index (χ1) is 7.93. The minimum atomic E-state index is 0.457. The second-order valence-corrected chi connectivity index (χ2v) is 5.04. The Morgan fingerprint density at radius 3 is 3.12 bits per heavy atom. The van der Waals surface area contributed by atoms with Crippen LogP contribution < -0.4 is 5.32 Å². The average molecular weight is 235 g/mol. The van der Waals surface area contributed by atoms with E-state index in [1.807, 2.05) is 11.3 Å². The summed E-state index contributed by atoms with van der Waals surface area (Å²) < 4.78 is 4.72. The Kier molecular flexibility index (Phi) is 2.71. The van der Waals surface area contributed by atoms with Gasteiger partial charge in [0.25, 0.3) is 0 Å². The average Bonchev–Trinajstić information content (AvgIpc) is 2.83. The molecule has 1 fully saturated rings. The molecule has 0 aliphatic heterocycles. The molecule has 2 heterocycles. The lowest BCUT2D eigenvalue weighted by Crippen LogP contribution is -2.22. The molecule has 1 saturated carbocycles. The summed E-state index contributed by atoms with van der Waals surface area (Å²) in [5, 5.41) is 9.44. The summed E-state index contributed by atoms with van der Waals surface area (Å²) in [6.45, 7) is 0.676. The first-order valence-corrected chi connectivity index (χ1v) is 6.33. The van der Waals surface area contributed by atoms with Crippen molar-refractivity contribution in [3.63, 3.8) is 0 Å². The van der Waals surface area contributed by atoms with Crippen LogP contribution in [0.2, 0.25) is 0 Å². The molecule has 0 bridgehead atoms. The maximum Gasteiger partial charge on any atom is 0.213 e. The van der Waals surface area contributed by atoms with Crippen molar-refractivity contribution in [1.82, 2.24) is 15.5 Å². The van der Waals surface area contributed by atoms with Crippen molar-refractivity contribution in [2.45, 2.75) is 25.4 Å². The zero-order chi connectivity index (χ0) is 10.8. The van der Waals surface area contributed by atoms with E-state index in [1.54, 1.807) is 0 Å². The fraction of sp³-hybridized carbons (Fsp3) is 0.455. The summed E-state index contributed by atoms with van der Waals surface area (Å²) in [4.78, 5) is 5.42. The largest absolute Gasteiger partial charge is 0.343 e. The number of rotatable bonds is 5. The normalized spacial score (nSPS) is 17.5. The van der Waals surface area contributed by atoms with Crippen molar-refractivity contribution in [1.29, 1.82) is 0 Å².